The van der Waals surface area contributed by atoms with Crippen molar-refractivity contribution in [3.63, 3.8) is 0 Å². The molecule has 1 aromatic carbocycles. The third-order valence-electron chi connectivity index (χ3n) is 6.91. The number of anilines is 1. The summed E-state index contributed by atoms with van der Waals surface area (Å²) in [6.45, 7) is 2.66. The van der Waals surface area contributed by atoms with E-state index in [-0.39, 0.29) is 34.9 Å². The Bertz CT molecular complexity index is 1670. The van der Waals surface area contributed by atoms with E-state index in [9.17, 15) is 23.2 Å². The average Bonchev–Trinajstić information content (AvgIpc) is 3.65. The summed E-state index contributed by atoms with van der Waals surface area (Å²) >= 11 is 0. The minimum Gasteiger partial charge on any atom is -0.367 e. The molecule has 10 nitrogen and oxygen atoms in total. The molecule has 1 saturated heterocycles. The number of hydrogen-bond donors (Lipinski definition) is 0. The van der Waals surface area contributed by atoms with Crippen LogP contribution in [0.5, 0.6) is 0 Å². The molecule has 3 aromatic heterocycles. The van der Waals surface area contributed by atoms with Crippen LogP contribution >= 0.6 is 0 Å². The van der Waals surface area contributed by atoms with E-state index >= 15 is 0 Å². The molecule has 0 unspecified atom stereocenters. The number of hydrogen-bond acceptors (Lipinski definition) is 8. The van der Waals surface area contributed by atoms with Gasteiger partial charge in [-0.2, -0.15) is 23.5 Å². The molecule has 0 bridgehead atoms. The van der Waals surface area contributed by atoms with E-state index in [0.717, 1.165) is 25.5 Å². The number of ether oxygens (including phenoxy) is 1. The van der Waals surface area contributed by atoms with Gasteiger partial charge >= 0.3 is 6.18 Å². The van der Waals surface area contributed by atoms with Crippen molar-refractivity contribution in [1.82, 2.24) is 29.3 Å². The second-order valence-corrected chi connectivity index (χ2v) is 9.88. The van der Waals surface area contributed by atoms with Crippen molar-refractivity contribution in [1.29, 1.82) is 5.26 Å². The van der Waals surface area contributed by atoms with Crippen LogP contribution < -0.4 is 10.5 Å². The number of rotatable bonds is 4. The maximum Gasteiger partial charge on any atom is 0.449 e. The van der Waals surface area contributed by atoms with E-state index < -0.39 is 17.6 Å². The van der Waals surface area contributed by atoms with Crippen molar-refractivity contribution in [3.05, 3.63) is 64.0 Å². The molecule has 39 heavy (non-hydrogen) atoms. The van der Waals surface area contributed by atoms with Crippen LogP contribution in [0.2, 0.25) is 0 Å². The SMILES string of the molecule is C[C@@H]1CN(c2nc(-c3ccc(C#N)cc3)c3nc(C(F)(F)F)n(C)c(=O)c3n2)C[C@H](c2cnn(C3CC3)c2)O1. The first-order chi connectivity index (χ1) is 18.6. The van der Waals surface area contributed by atoms with Gasteiger partial charge in [0.25, 0.3) is 5.56 Å². The van der Waals surface area contributed by atoms with Gasteiger partial charge in [-0.3, -0.25) is 14.0 Å². The second kappa shape index (κ2) is 9.16. The molecular formula is C26H23F3N8O2. The minimum absolute atomic E-state index is 0.0694. The zero-order valence-corrected chi connectivity index (χ0v) is 21.1. The van der Waals surface area contributed by atoms with Crippen molar-refractivity contribution in [2.45, 2.75) is 44.2 Å². The third-order valence-corrected chi connectivity index (χ3v) is 6.91. The summed E-state index contributed by atoms with van der Waals surface area (Å²) in [6.07, 6.45) is 0.516. The van der Waals surface area contributed by atoms with Crippen LogP contribution in [0, 0.1) is 11.3 Å². The molecule has 1 aliphatic carbocycles. The predicted octanol–water partition coefficient (Wildman–Crippen LogP) is 3.78. The third kappa shape index (κ3) is 4.61. The van der Waals surface area contributed by atoms with Crippen LogP contribution in [0.3, 0.4) is 0 Å². The Morgan fingerprint density at radius 2 is 1.82 bits per heavy atom. The molecule has 4 aromatic rings. The molecular weight excluding hydrogens is 513 g/mol. The fourth-order valence-corrected chi connectivity index (χ4v) is 4.79. The van der Waals surface area contributed by atoms with Crippen molar-refractivity contribution in [2.75, 3.05) is 18.0 Å². The maximum atomic E-state index is 13.7. The number of aromatic nitrogens is 6. The van der Waals surface area contributed by atoms with Crippen LogP contribution in [0.4, 0.5) is 19.1 Å². The Hall–Kier alpha value is -4.31. The van der Waals surface area contributed by atoms with Gasteiger partial charge in [0.2, 0.25) is 11.8 Å². The van der Waals surface area contributed by atoms with Crippen LogP contribution in [-0.2, 0) is 18.0 Å². The lowest BCUT2D eigenvalue weighted by molar-refractivity contribution is -0.147. The molecule has 2 aliphatic rings. The van der Waals surface area contributed by atoms with E-state index in [2.05, 4.69) is 20.1 Å². The van der Waals surface area contributed by atoms with Gasteiger partial charge in [0.15, 0.2) is 5.52 Å². The standard InChI is InChI=1S/C26H23F3N8O2/c1-14-11-36(13-19(39-14)17-10-31-37(12-17)18-7-8-18)25-33-20(16-5-3-15(9-30)4-6-16)21-22(34-25)23(38)35(2)24(32-21)26(27,28)29/h3-6,10,12,14,18-19H,7-8,11,13H2,1-2H3/t14-,19-/m1/s1. The Kier molecular flexibility index (Phi) is 5.87. The highest BCUT2D eigenvalue weighted by Crippen LogP contribution is 2.36. The van der Waals surface area contributed by atoms with Gasteiger partial charge in [0.1, 0.15) is 17.3 Å². The molecule has 0 spiro atoms. The van der Waals surface area contributed by atoms with Gasteiger partial charge in [-0.1, -0.05) is 12.1 Å². The first kappa shape index (κ1) is 25.0. The molecule has 6 rings (SSSR count). The van der Waals surface area contributed by atoms with E-state index in [1.165, 1.54) is 12.1 Å². The van der Waals surface area contributed by atoms with E-state index in [1.54, 1.807) is 18.3 Å². The fourth-order valence-electron chi connectivity index (χ4n) is 4.79. The zero-order valence-electron chi connectivity index (χ0n) is 21.1. The Balaban J connectivity index is 1.48. The summed E-state index contributed by atoms with van der Waals surface area (Å²) in [5, 5.41) is 13.6. The summed E-state index contributed by atoms with van der Waals surface area (Å²) < 4.78 is 49.8. The molecule has 0 amide bonds. The van der Waals surface area contributed by atoms with Gasteiger partial charge in [0.05, 0.1) is 36.5 Å². The average molecular weight is 537 g/mol. The van der Waals surface area contributed by atoms with Crippen molar-refractivity contribution in [2.24, 2.45) is 7.05 Å². The summed E-state index contributed by atoms with van der Waals surface area (Å²) in [4.78, 5) is 27.9. The highest BCUT2D eigenvalue weighted by molar-refractivity contribution is 5.89. The van der Waals surface area contributed by atoms with Gasteiger partial charge in [-0.05, 0) is 31.9 Å². The first-order valence-corrected chi connectivity index (χ1v) is 12.4. The quantitative estimate of drug-likeness (QED) is 0.387. The highest BCUT2D eigenvalue weighted by Gasteiger charge is 2.38. The Labute approximate surface area is 220 Å². The van der Waals surface area contributed by atoms with Gasteiger partial charge in [0, 0.05) is 30.9 Å². The Morgan fingerprint density at radius 1 is 1.08 bits per heavy atom. The second-order valence-electron chi connectivity index (χ2n) is 9.88. The predicted molar refractivity (Wildman–Crippen MR) is 134 cm³/mol. The number of alkyl halides is 3. The highest BCUT2D eigenvalue weighted by atomic mass is 19.4. The lowest BCUT2D eigenvalue weighted by Crippen LogP contribution is -2.44. The molecule has 0 radical (unpaired) electrons. The van der Waals surface area contributed by atoms with Gasteiger partial charge in [-0.25, -0.2) is 15.0 Å². The van der Waals surface area contributed by atoms with Crippen molar-refractivity contribution < 1.29 is 17.9 Å². The van der Waals surface area contributed by atoms with Crippen LogP contribution in [0.1, 0.15) is 48.9 Å². The van der Waals surface area contributed by atoms with E-state index in [4.69, 9.17) is 4.74 Å². The lowest BCUT2D eigenvalue weighted by atomic mass is 10.1. The van der Waals surface area contributed by atoms with E-state index in [0.29, 0.717) is 34.8 Å². The lowest BCUT2D eigenvalue weighted by Gasteiger charge is -2.36. The maximum absolute atomic E-state index is 13.7. The molecule has 2 fully saturated rings. The molecule has 13 heteroatoms. The molecule has 1 saturated carbocycles. The molecule has 1 aliphatic heterocycles. The van der Waals surface area contributed by atoms with Crippen molar-refractivity contribution in [3.8, 4) is 17.3 Å². The van der Waals surface area contributed by atoms with Crippen LogP contribution in [0.25, 0.3) is 22.3 Å². The van der Waals surface area contributed by atoms with E-state index in [1.807, 2.05) is 28.8 Å². The minimum atomic E-state index is -4.86. The number of nitriles is 1. The first-order valence-electron chi connectivity index (χ1n) is 12.4. The summed E-state index contributed by atoms with van der Waals surface area (Å²) in [7, 11) is 1.02. The Morgan fingerprint density at radius 3 is 2.49 bits per heavy atom. The molecule has 200 valence electrons. The van der Waals surface area contributed by atoms with Gasteiger partial charge < -0.3 is 9.64 Å². The number of fused-ring (bicyclic) bond motifs is 1. The summed E-state index contributed by atoms with van der Waals surface area (Å²) in [6, 6.07) is 8.61. The van der Waals surface area contributed by atoms with Crippen LogP contribution in [-0.4, -0.2) is 48.5 Å². The fraction of sp³-hybridized carbons (Fsp3) is 0.385. The van der Waals surface area contributed by atoms with Crippen molar-refractivity contribution >= 4 is 17.0 Å². The summed E-state index contributed by atoms with van der Waals surface area (Å²) in [5.74, 6) is -1.17. The van der Waals surface area contributed by atoms with Crippen LogP contribution in [0.15, 0.2) is 41.5 Å². The smallest absolute Gasteiger partial charge is 0.367 e. The number of nitrogens with zero attached hydrogens (tertiary/aromatic N) is 8. The zero-order chi connectivity index (χ0) is 27.5. The monoisotopic (exact) mass is 536 g/mol. The summed E-state index contributed by atoms with van der Waals surface area (Å²) in [5.41, 5.74) is 0.316. The number of halogens is 3. The molecule has 4 heterocycles. The van der Waals surface area contributed by atoms with Gasteiger partial charge in [-0.15, -0.1) is 0 Å². The number of benzene rings is 1. The molecule has 0 N–H and O–H groups in total. The normalized spacial score (nSPS) is 19.8. The number of morpholine rings is 1. The largest absolute Gasteiger partial charge is 0.449 e. The molecule has 2 atom stereocenters. The topological polar surface area (TPSA) is 115 Å².